The Morgan fingerprint density at radius 2 is 1.94 bits per heavy atom. The predicted molar refractivity (Wildman–Crippen MR) is 61.7 cm³/mol. The first-order valence-electron chi connectivity index (χ1n) is 6.43. The monoisotopic (exact) mass is 226 g/mol. The summed E-state index contributed by atoms with van der Waals surface area (Å²) in [5, 5.41) is 0. The number of hydrogen-bond donors (Lipinski definition) is 0. The highest BCUT2D eigenvalue weighted by Crippen LogP contribution is 2.31. The standard InChI is InChI=1S/C13H22O3/c1-3-5-6-8-10(7-4-2)11-9-12(14)16-13(11)15/h10-11H,3-9H2,1-2H3. The fraction of sp³-hybridized carbons (Fsp3) is 0.846. The number of hydrogen-bond acceptors (Lipinski definition) is 3. The number of ether oxygens (including phenoxy) is 1. The fourth-order valence-electron chi connectivity index (χ4n) is 2.43. The van der Waals surface area contributed by atoms with Crippen LogP contribution in [0.25, 0.3) is 0 Å². The Hall–Kier alpha value is -0.860. The van der Waals surface area contributed by atoms with Crippen LogP contribution in [0.3, 0.4) is 0 Å². The van der Waals surface area contributed by atoms with Crippen LogP contribution in [-0.2, 0) is 14.3 Å². The van der Waals surface area contributed by atoms with Gasteiger partial charge in [0.15, 0.2) is 0 Å². The molecule has 2 unspecified atom stereocenters. The van der Waals surface area contributed by atoms with E-state index in [0.29, 0.717) is 12.3 Å². The number of unbranched alkanes of at least 4 members (excludes halogenated alkanes) is 2. The summed E-state index contributed by atoms with van der Waals surface area (Å²) in [6, 6.07) is 0. The van der Waals surface area contributed by atoms with Gasteiger partial charge in [0.2, 0.25) is 0 Å². The van der Waals surface area contributed by atoms with E-state index < -0.39 is 0 Å². The zero-order valence-electron chi connectivity index (χ0n) is 10.3. The second kappa shape index (κ2) is 6.66. The molecular weight excluding hydrogens is 204 g/mol. The second-order valence-corrected chi connectivity index (χ2v) is 4.65. The van der Waals surface area contributed by atoms with E-state index in [1.807, 2.05) is 0 Å². The summed E-state index contributed by atoms with van der Waals surface area (Å²) in [6.07, 6.45) is 6.98. The predicted octanol–water partition coefficient (Wildman–Crippen LogP) is 3.07. The lowest BCUT2D eigenvalue weighted by molar-refractivity contribution is -0.153. The van der Waals surface area contributed by atoms with Crippen LogP contribution in [0.5, 0.6) is 0 Å². The van der Waals surface area contributed by atoms with E-state index in [9.17, 15) is 9.59 Å². The van der Waals surface area contributed by atoms with Crippen LogP contribution in [0.4, 0.5) is 0 Å². The molecule has 1 heterocycles. The fourth-order valence-corrected chi connectivity index (χ4v) is 2.43. The molecule has 2 atom stereocenters. The van der Waals surface area contributed by atoms with Gasteiger partial charge >= 0.3 is 11.9 Å². The van der Waals surface area contributed by atoms with E-state index in [4.69, 9.17) is 0 Å². The summed E-state index contributed by atoms with van der Waals surface area (Å²) < 4.78 is 4.63. The smallest absolute Gasteiger partial charge is 0.317 e. The van der Waals surface area contributed by atoms with Crippen molar-refractivity contribution in [2.75, 3.05) is 0 Å². The molecule has 0 aliphatic carbocycles. The molecule has 92 valence electrons. The van der Waals surface area contributed by atoms with Gasteiger partial charge < -0.3 is 4.74 Å². The minimum absolute atomic E-state index is 0.163. The Labute approximate surface area is 97.5 Å². The molecule has 0 saturated carbocycles. The van der Waals surface area contributed by atoms with Gasteiger partial charge in [-0.15, -0.1) is 0 Å². The van der Waals surface area contributed by atoms with Crippen molar-refractivity contribution in [1.29, 1.82) is 0 Å². The molecule has 3 heteroatoms. The molecule has 1 aliphatic heterocycles. The van der Waals surface area contributed by atoms with Crippen molar-refractivity contribution in [3.8, 4) is 0 Å². The first-order chi connectivity index (χ1) is 7.69. The lowest BCUT2D eigenvalue weighted by Crippen LogP contribution is -2.19. The molecule has 3 nitrogen and oxygen atoms in total. The maximum atomic E-state index is 11.5. The van der Waals surface area contributed by atoms with Crippen LogP contribution in [-0.4, -0.2) is 11.9 Å². The number of carbonyl (C=O) groups is 2. The Morgan fingerprint density at radius 1 is 1.19 bits per heavy atom. The molecule has 0 aromatic heterocycles. The molecule has 0 aromatic carbocycles. The van der Waals surface area contributed by atoms with Gasteiger partial charge in [0.05, 0.1) is 12.3 Å². The summed E-state index contributed by atoms with van der Waals surface area (Å²) in [6.45, 7) is 4.29. The van der Waals surface area contributed by atoms with E-state index in [2.05, 4.69) is 18.6 Å². The maximum Gasteiger partial charge on any atom is 0.317 e. The van der Waals surface area contributed by atoms with Gasteiger partial charge in [0.25, 0.3) is 0 Å². The average Bonchev–Trinajstić information content (AvgIpc) is 2.57. The molecule has 16 heavy (non-hydrogen) atoms. The molecule has 0 aromatic rings. The molecule has 0 radical (unpaired) electrons. The molecule has 1 saturated heterocycles. The van der Waals surface area contributed by atoms with Crippen LogP contribution in [0.1, 0.15) is 58.8 Å². The first kappa shape index (κ1) is 13.2. The summed E-state index contributed by atoms with van der Waals surface area (Å²) in [4.78, 5) is 22.6. The zero-order valence-corrected chi connectivity index (χ0v) is 10.3. The van der Waals surface area contributed by atoms with Crippen molar-refractivity contribution in [2.24, 2.45) is 11.8 Å². The maximum absolute atomic E-state index is 11.5. The molecule has 0 N–H and O–H groups in total. The molecule has 0 spiro atoms. The van der Waals surface area contributed by atoms with Crippen LogP contribution < -0.4 is 0 Å². The van der Waals surface area contributed by atoms with Crippen molar-refractivity contribution in [2.45, 2.75) is 58.8 Å². The Morgan fingerprint density at radius 3 is 2.44 bits per heavy atom. The average molecular weight is 226 g/mol. The van der Waals surface area contributed by atoms with Gasteiger partial charge in [0, 0.05) is 0 Å². The third-order valence-electron chi connectivity index (χ3n) is 3.31. The number of carbonyl (C=O) groups excluding carboxylic acids is 2. The van der Waals surface area contributed by atoms with Crippen molar-refractivity contribution in [3.05, 3.63) is 0 Å². The molecular formula is C13H22O3. The zero-order chi connectivity index (χ0) is 12.0. The minimum atomic E-state index is -0.341. The third kappa shape index (κ3) is 3.62. The highest BCUT2D eigenvalue weighted by atomic mass is 16.6. The van der Waals surface area contributed by atoms with E-state index in [1.54, 1.807) is 0 Å². The summed E-state index contributed by atoms with van der Waals surface area (Å²) >= 11 is 0. The van der Waals surface area contributed by atoms with Crippen LogP contribution in [0.2, 0.25) is 0 Å². The van der Waals surface area contributed by atoms with Crippen LogP contribution in [0.15, 0.2) is 0 Å². The van der Waals surface area contributed by atoms with Crippen molar-refractivity contribution in [3.63, 3.8) is 0 Å². The summed E-state index contributed by atoms with van der Waals surface area (Å²) in [7, 11) is 0. The third-order valence-corrected chi connectivity index (χ3v) is 3.31. The van der Waals surface area contributed by atoms with Gasteiger partial charge in [-0.1, -0.05) is 39.5 Å². The highest BCUT2D eigenvalue weighted by Gasteiger charge is 2.38. The molecule has 0 amide bonds. The van der Waals surface area contributed by atoms with E-state index >= 15 is 0 Å². The van der Waals surface area contributed by atoms with Gasteiger partial charge in [-0.2, -0.15) is 0 Å². The summed E-state index contributed by atoms with van der Waals surface area (Å²) in [5.41, 5.74) is 0. The first-order valence-corrected chi connectivity index (χ1v) is 6.43. The van der Waals surface area contributed by atoms with Gasteiger partial charge in [-0.05, 0) is 18.8 Å². The second-order valence-electron chi connectivity index (χ2n) is 4.65. The summed E-state index contributed by atoms with van der Waals surface area (Å²) in [5.74, 6) is -0.452. The van der Waals surface area contributed by atoms with Gasteiger partial charge in [-0.25, -0.2) is 0 Å². The molecule has 1 aliphatic rings. The molecule has 1 rings (SSSR count). The Kier molecular flexibility index (Phi) is 5.50. The Bertz CT molecular complexity index is 248. The lowest BCUT2D eigenvalue weighted by Gasteiger charge is -2.19. The lowest BCUT2D eigenvalue weighted by atomic mass is 9.83. The quantitative estimate of drug-likeness (QED) is 0.380. The van der Waals surface area contributed by atoms with Crippen LogP contribution in [0, 0.1) is 11.8 Å². The Balaban J connectivity index is 2.48. The van der Waals surface area contributed by atoms with E-state index in [1.165, 1.54) is 12.8 Å². The number of rotatable bonds is 7. The molecule has 1 fully saturated rings. The normalized spacial score (nSPS) is 22.2. The highest BCUT2D eigenvalue weighted by molar-refractivity contribution is 5.94. The van der Waals surface area contributed by atoms with E-state index in [-0.39, 0.29) is 17.9 Å². The topological polar surface area (TPSA) is 43.4 Å². The van der Waals surface area contributed by atoms with Crippen molar-refractivity contribution in [1.82, 2.24) is 0 Å². The van der Waals surface area contributed by atoms with E-state index in [0.717, 1.165) is 25.7 Å². The molecule has 0 bridgehead atoms. The van der Waals surface area contributed by atoms with Gasteiger partial charge in [-0.3, -0.25) is 9.59 Å². The minimum Gasteiger partial charge on any atom is -0.393 e. The van der Waals surface area contributed by atoms with Crippen molar-refractivity contribution < 1.29 is 14.3 Å². The van der Waals surface area contributed by atoms with Gasteiger partial charge in [0.1, 0.15) is 0 Å². The number of esters is 2. The largest absolute Gasteiger partial charge is 0.393 e. The number of cyclic esters (lactones) is 2. The van der Waals surface area contributed by atoms with Crippen molar-refractivity contribution >= 4 is 11.9 Å². The van der Waals surface area contributed by atoms with Crippen LogP contribution >= 0.6 is 0 Å². The SMILES string of the molecule is CCCCCC(CCC)C1CC(=O)OC1=O.